The summed E-state index contributed by atoms with van der Waals surface area (Å²) in [5.41, 5.74) is 6.14. The Morgan fingerprint density at radius 2 is 0.962 bits per heavy atom. The molecule has 4 nitrogen and oxygen atoms in total. The van der Waals surface area contributed by atoms with Crippen molar-refractivity contribution in [2.45, 2.75) is 106 Å². The quantitative estimate of drug-likeness (QED) is 0.0936. The first kappa shape index (κ1) is 42.4. The van der Waals surface area contributed by atoms with Gasteiger partial charge in [-0.05, 0) is 135 Å². The lowest BCUT2D eigenvalue weighted by atomic mass is 9.71. The average Bonchev–Trinajstić information content (AvgIpc) is 3.02. The van der Waals surface area contributed by atoms with Crippen LogP contribution in [-0.2, 0) is 10.8 Å². The molecule has 0 fully saturated rings. The summed E-state index contributed by atoms with van der Waals surface area (Å²) in [6.45, 7) is 25.1. The second-order valence-corrected chi connectivity index (χ2v) is 19.1. The van der Waals surface area contributed by atoms with E-state index >= 15 is 0 Å². The van der Waals surface area contributed by atoms with Crippen molar-refractivity contribution in [1.82, 2.24) is 0 Å². The lowest BCUT2D eigenvalue weighted by Crippen LogP contribution is -2.25. The van der Waals surface area contributed by atoms with Crippen LogP contribution in [0.4, 0.5) is 8.78 Å². The Labute approximate surface area is 331 Å². The van der Waals surface area contributed by atoms with E-state index in [1.165, 1.54) is 24.3 Å². The molecule has 0 bridgehead atoms. The summed E-state index contributed by atoms with van der Waals surface area (Å²) in [7, 11) is 3.29. The zero-order valence-electron chi connectivity index (χ0n) is 34.1. The number of methoxy groups -OCH3 is 2. The third-order valence-corrected chi connectivity index (χ3v) is 10.3. The van der Waals surface area contributed by atoms with E-state index in [1.807, 2.05) is 6.92 Å². The Morgan fingerprint density at radius 1 is 0.547 bits per heavy atom. The standard InChI is InChI=1S/C46H59F2IO4/c1-29-21-30(45(8,9)27-43(2,3)4)22-36(41(29)50-12)34-25-32(47)15-17-39(34)52-19-14-20-53-40-18-16-33(48)26-35(40)37-23-31(24-38(49)42(37)51-13)46(10,11)28-44(5,6)7/h15-18,21-26H,14,19-20,27-28H2,1-13H3. The third-order valence-electron chi connectivity index (χ3n) is 9.50. The summed E-state index contributed by atoms with van der Waals surface area (Å²) < 4.78 is 55.1. The fourth-order valence-electron chi connectivity index (χ4n) is 7.98. The van der Waals surface area contributed by atoms with Gasteiger partial charge in [0.1, 0.15) is 34.6 Å². The summed E-state index contributed by atoms with van der Waals surface area (Å²) in [6.07, 6.45) is 2.48. The molecule has 0 atom stereocenters. The maximum atomic E-state index is 14.9. The molecule has 0 spiro atoms. The third kappa shape index (κ3) is 10.9. The summed E-state index contributed by atoms with van der Waals surface area (Å²) in [4.78, 5) is 0. The van der Waals surface area contributed by atoms with E-state index in [1.54, 1.807) is 26.4 Å². The Balaban J connectivity index is 1.59. The number of benzene rings is 4. The second-order valence-electron chi connectivity index (χ2n) is 18.0. The van der Waals surface area contributed by atoms with Gasteiger partial charge in [0.15, 0.2) is 0 Å². The van der Waals surface area contributed by atoms with Crippen molar-refractivity contribution in [3.63, 3.8) is 0 Å². The minimum Gasteiger partial charge on any atom is -0.496 e. The van der Waals surface area contributed by atoms with Gasteiger partial charge in [0, 0.05) is 28.7 Å². The van der Waals surface area contributed by atoms with Crippen LogP contribution in [0.15, 0.2) is 60.7 Å². The van der Waals surface area contributed by atoms with Crippen molar-refractivity contribution in [1.29, 1.82) is 0 Å². The van der Waals surface area contributed by atoms with Crippen molar-refractivity contribution in [3.05, 3.63) is 92.6 Å². The molecule has 0 saturated heterocycles. The lowest BCUT2D eigenvalue weighted by Gasteiger charge is -2.34. The lowest BCUT2D eigenvalue weighted by molar-refractivity contribution is 0.248. The largest absolute Gasteiger partial charge is 0.496 e. The molecule has 53 heavy (non-hydrogen) atoms. The Hall–Kier alpha value is -3.33. The van der Waals surface area contributed by atoms with Crippen molar-refractivity contribution in [3.8, 4) is 45.3 Å². The first-order valence-electron chi connectivity index (χ1n) is 18.5. The van der Waals surface area contributed by atoms with Crippen LogP contribution in [0.25, 0.3) is 22.3 Å². The van der Waals surface area contributed by atoms with E-state index in [0.717, 1.165) is 44.2 Å². The molecule has 0 aliphatic rings. The molecule has 0 saturated carbocycles. The molecular formula is C46H59F2IO4. The number of aryl methyl sites for hydroxylation is 1. The number of halogens is 3. The SMILES string of the molecule is COc1c(C)cc(C(C)(C)CC(C)(C)C)cc1-c1cc(F)ccc1OCCCOc1ccc(F)cc1-c1cc(C(C)(C)CC(C)(C)C)cc(I)c1OC. The molecule has 0 N–H and O–H groups in total. The maximum Gasteiger partial charge on any atom is 0.140 e. The zero-order chi connectivity index (χ0) is 39.5. The number of rotatable bonds is 14. The number of hydrogen-bond donors (Lipinski definition) is 0. The van der Waals surface area contributed by atoms with Crippen LogP contribution in [-0.4, -0.2) is 27.4 Å². The van der Waals surface area contributed by atoms with Crippen molar-refractivity contribution < 1.29 is 27.7 Å². The summed E-state index contributed by atoms with van der Waals surface area (Å²) in [6, 6.07) is 17.8. The van der Waals surface area contributed by atoms with Gasteiger partial charge in [-0.3, -0.25) is 0 Å². The van der Waals surface area contributed by atoms with Gasteiger partial charge in [-0.1, -0.05) is 75.3 Å². The molecule has 0 heterocycles. The highest BCUT2D eigenvalue weighted by atomic mass is 127. The predicted molar refractivity (Wildman–Crippen MR) is 224 cm³/mol. The second kappa shape index (κ2) is 16.6. The zero-order valence-corrected chi connectivity index (χ0v) is 36.2. The Bertz CT molecular complexity index is 1760. The highest BCUT2D eigenvalue weighted by Crippen LogP contribution is 2.46. The molecule has 0 unspecified atom stereocenters. The Morgan fingerprint density at radius 3 is 1.38 bits per heavy atom. The van der Waals surface area contributed by atoms with Crippen LogP contribution < -0.4 is 18.9 Å². The number of hydrogen-bond acceptors (Lipinski definition) is 4. The van der Waals surface area contributed by atoms with E-state index in [9.17, 15) is 8.78 Å². The average molecular weight is 841 g/mol. The van der Waals surface area contributed by atoms with Crippen LogP contribution in [0.1, 0.15) is 105 Å². The van der Waals surface area contributed by atoms with Gasteiger partial charge in [0.05, 0.1) is 31.0 Å². The van der Waals surface area contributed by atoms with Gasteiger partial charge < -0.3 is 18.9 Å². The van der Waals surface area contributed by atoms with Gasteiger partial charge in [-0.25, -0.2) is 8.78 Å². The molecule has 288 valence electrons. The van der Waals surface area contributed by atoms with E-state index in [4.69, 9.17) is 18.9 Å². The molecule has 4 rings (SSSR count). The van der Waals surface area contributed by atoms with E-state index < -0.39 is 0 Å². The van der Waals surface area contributed by atoms with Crippen molar-refractivity contribution in [2.24, 2.45) is 10.8 Å². The number of ether oxygens (including phenoxy) is 4. The van der Waals surface area contributed by atoms with E-state index in [-0.39, 0.29) is 33.3 Å². The fourth-order valence-corrected chi connectivity index (χ4v) is 8.83. The van der Waals surface area contributed by atoms with Crippen LogP contribution in [0.5, 0.6) is 23.0 Å². The van der Waals surface area contributed by atoms with Crippen LogP contribution in [0.2, 0.25) is 0 Å². The molecule has 0 amide bonds. The monoisotopic (exact) mass is 840 g/mol. The highest BCUT2D eigenvalue weighted by molar-refractivity contribution is 14.1. The van der Waals surface area contributed by atoms with Gasteiger partial charge in [-0.2, -0.15) is 0 Å². The van der Waals surface area contributed by atoms with Gasteiger partial charge in [0.25, 0.3) is 0 Å². The topological polar surface area (TPSA) is 36.9 Å². The molecule has 4 aromatic carbocycles. The first-order chi connectivity index (χ1) is 24.5. The molecular weight excluding hydrogens is 781 g/mol. The molecule has 0 aromatic heterocycles. The van der Waals surface area contributed by atoms with Gasteiger partial charge in [-0.15, -0.1) is 0 Å². The van der Waals surface area contributed by atoms with E-state index in [0.29, 0.717) is 53.8 Å². The molecule has 0 aliphatic carbocycles. The minimum atomic E-state index is -0.354. The predicted octanol–water partition coefficient (Wildman–Crippen LogP) is 13.5. The van der Waals surface area contributed by atoms with Crippen LogP contribution in [0.3, 0.4) is 0 Å². The van der Waals surface area contributed by atoms with Crippen molar-refractivity contribution in [2.75, 3.05) is 27.4 Å². The summed E-state index contributed by atoms with van der Waals surface area (Å²) in [5.74, 6) is 1.79. The normalized spacial score (nSPS) is 12.5. The van der Waals surface area contributed by atoms with E-state index in [2.05, 4.69) is 116 Å². The van der Waals surface area contributed by atoms with Crippen molar-refractivity contribution >= 4 is 22.6 Å². The van der Waals surface area contributed by atoms with Gasteiger partial charge in [0.2, 0.25) is 0 Å². The summed E-state index contributed by atoms with van der Waals surface area (Å²) in [5, 5.41) is 0. The molecule has 7 heteroatoms. The molecule has 0 radical (unpaired) electrons. The smallest absolute Gasteiger partial charge is 0.140 e. The van der Waals surface area contributed by atoms with Gasteiger partial charge >= 0.3 is 0 Å². The Kier molecular flexibility index (Phi) is 13.3. The highest BCUT2D eigenvalue weighted by Gasteiger charge is 2.31. The molecule has 0 aliphatic heterocycles. The summed E-state index contributed by atoms with van der Waals surface area (Å²) >= 11 is 2.30. The maximum absolute atomic E-state index is 14.9. The minimum absolute atomic E-state index is 0.122. The molecule has 4 aromatic rings. The first-order valence-corrected chi connectivity index (χ1v) is 19.6. The van der Waals surface area contributed by atoms with Crippen LogP contribution in [0, 0.1) is 33.0 Å². The van der Waals surface area contributed by atoms with Crippen LogP contribution >= 0.6 is 22.6 Å². The fraction of sp³-hybridized carbons (Fsp3) is 0.478.